The standard InChI is InChI=1S/C11H21NO2/c1-5-14-10(13)9-6-8(7-12-9)11(2,3)4/h8-9,12H,5-7H2,1-4H3. The van der Waals surface area contributed by atoms with E-state index in [-0.39, 0.29) is 17.4 Å². The molecule has 1 N–H and O–H groups in total. The van der Waals surface area contributed by atoms with E-state index in [0.717, 1.165) is 13.0 Å². The van der Waals surface area contributed by atoms with Crippen molar-refractivity contribution in [2.45, 2.75) is 40.2 Å². The number of carbonyl (C=O) groups is 1. The van der Waals surface area contributed by atoms with Crippen molar-refractivity contribution in [3.05, 3.63) is 0 Å². The summed E-state index contributed by atoms with van der Waals surface area (Å²) in [6.07, 6.45) is 0.905. The van der Waals surface area contributed by atoms with Crippen LogP contribution in [0.1, 0.15) is 34.1 Å². The predicted molar refractivity (Wildman–Crippen MR) is 56.0 cm³/mol. The van der Waals surface area contributed by atoms with Gasteiger partial charge in [-0.1, -0.05) is 20.8 Å². The minimum absolute atomic E-state index is 0.0841. The van der Waals surface area contributed by atoms with Crippen LogP contribution in [0.3, 0.4) is 0 Å². The summed E-state index contributed by atoms with van der Waals surface area (Å²) in [6.45, 7) is 9.88. The SMILES string of the molecule is CCOC(=O)C1CC(C(C)(C)C)CN1. The third-order valence-corrected chi connectivity index (χ3v) is 2.93. The van der Waals surface area contributed by atoms with Crippen LogP contribution >= 0.6 is 0 Å². The van der Waals surface area contributed by atoms with Gasteiger partial charge >= 0.3 is 5.97 Å². The first-order chi connectivity index (χ1) is 6.45. The first-order valence-electron chi connectivity index (χ1n) is 5.35. The Hall–Kier alpha value is -0.570. The maximum Gasteiger partial charge on any atom is 0.323 e. The Bertz CT molecular complexity index is 208. The first kappa shape index (κ1) is 11.5. The second-order valence-corrected chi connectivity index (χ2v) is 5.01. The van der Waals surface area contributed by atoms with Crippen molar-refractivity contribution in [1.29, 1.82) is 0 Å². The van der Waals surface area contributed by atoms with Gasteiger partial charge in [0.1, 0.15) is 6.04 Å². The van der Waals surface area contributed by atoms with Crippen LogP contribution in [0.4, 0.5) is 0 Å². The molecule has 14 heavy (non-hydrogen) atoms. The summed E-state index contributed by atoms with van der Waals surface area (Å²) < 4.78 is 4.99. The van der Waals surface area contributed by atoms with Gasteiger partial charge in [0.25, 0.3) is 0 Å². The van der Waals surface area contributed by atoms with Gasteiger partial charge < -0.3 is 10.1 Å². The van der Waals surface area contributed by atoms with Crippen LogP contribution in [0.15, 0.2) is 0 Å². The molecule has 1 rings (SSSR count). The maximum atomic E-state index is 11.4. The van der Waals surface area contributed by atoms with E-state index in [4.69, 9.17) is 4.74 Å². The maximum absolute atomic E-state index is 11.4. The largest absolute Gasteiger partial charge is 0.465 e. The van der Waals surface area contributed by atoms with Crippen molar-refractivity contribution < 1.29 is 9.53 Å². The third kappa shape index (κ3) is 2.71. The second kappa shape index (κ2) is 4.30. The molecule has 1 fully saturated rings. The van der Waals surface area contributed by atoms with E-state index in [2.05, 4.69) is 26.1 Å². The van der Waals surface area contributed by atoms with Crippen LogP contribution < -0.4 is 5.32 Å². The van der Waals surface area contributed by atoms with Crippen molar-refractivity contribution in [3.8, 4) is 0 Å². The zero-order valence-corrected chi connectivity index (χ0v) is 9.59. The van der Waals surface area contributed by atoms with E-state index < -0.39 is 0 Å². The fourth-order valence-electron chi connectivity index (χ4n) is 1.82. The molecule has 0 aliphatic carbocycles. The van der Waals surface area contributed by atoms with Crippen LogP contribution in [0, 0.1) is 11.3 Å². The van der Waals surface area contributed by atoms with E-state index in [1.54, 1.807) is 0 Å². The second-order valence-electron chi connectivity index (χ2n) is 5.01. The van der Waals surface area contributed by atoms with Gasteiger partial charge in [0.05, 0.1) is 6.61 Å². The molecule has 2 unspecified atom stereocenters. The Morgan fingerprint density at radius 2 is 2.14 bits per heavy atom. The lowest BCUT2D eigenvalue weighted by Gasteiger charge is -2.25. The molecular weight excluding hydrogens is 178 g/mol. The highest BCUT2D eigenvalue weighted by Crippen LogP contribution is 2.32. The zero-order chi connectivity index (χ0) is 10.8. The highest BCUT2D eigenvalue weighted by atomic mass is 16.5. The molecule has 0 radical (unpaired) electrons. The Labute approximate surface area is 86.2 Å². The summed E-state index contributed by atoms with van der Waals surface area (Å²) >= 11 is 0. The van der Waals surface area contributed by atoms with Crippen LogP contribution in [0.25, 0.3) is 0 Å². The summed E-state index contributed by atoms with van der Waals surface area (Å²) in [5.41, 5.74) is 0.272. The molecule has 0 spiro atoms. The Kier molecular flexibility index (Phi) is 3.53. The van der Waals surface area contributed by atoms with Crippen molar-refractivity contribution in [1.82, 2.24) is 5.32 Å². The molecule has 0 amide bonds. The van der Waals surface area contributed by atoms with Gasteiger partial charge in [-0.15, -0.1) is 0 Å². The lowest BCUT2D eigenvalue weighted by atomic mass is 9.79. The van der Waals surface area contributed by atoms with Crippen molar-refractivity contribution in [2.75, 3.05) is 13.2 Å². The number of rotatable bonds is 2. The van der Waals surface area contributed by atoms with E-state index in [0.29, 0.717) is 12.5 Å². The van der Waals surface area contributed by atoms with Gasteiger partial charge in [-0.25, -0.2) is 0 Å². The average Bonchev–Trinajstić information content (AvgIpc) is 2.51. The van der Waals surface area contributed by atoms with E-state index in [9.17, 15) is 4.79 Å². The van der Waals surface area contributed by atoms with Crippen molar-refractivity contribution in [3.63, 3.8) is 0 Å². The van der Waals surface area contributed by atoms with Crippen LogP contribution in [0.2, 0.25) is 0 Å². The number of hydrogen-bond acceptors (Lipinski definition) is 3. The molecule has 1 heterocycles. The van der Waals surface area contributed by atoms with Crippen molar-refractivity contribution in [2.24, 2.45) is 11.3 Å². The summed E-state index contributed by atoms with van der Waals surface area (Å²) in [5.74, 6) is 0.469. The van der Waals surface area contributed by atoms with Crippen LogP contribution in [-0.2, 0) is 9.53 Å². The van der Waals surface area contributed by atoms with Gasteiger partial charge in [0.15, 0.2) is 0 Å². The number of nitrogens with one attached hydrogen (secondary N) is 1. The van der Waals surface area contributed by atoms with Gasteiger partial charge in [-0.3, -0.25) is 4.79 Å². The Morgan fingerprint density at radius 1 is 1.50 bits per heavy atom. The highest BCUT2D eigenvalue weighted by Gasteiger charge is 2.36. The highest BCUT2D eigenvalue weighted by molar-refractivity contribution is 5.76. The molecule has 3 heteroatoms. The fourth-order valence-corrected chi connectivity index (χ4v) is 1.82. The smallest absolute Gasteiger partial charge is 0.323 e. The van der Waals surface area contributed by atoms with E-state index in [1.165, 1.54) is 0 Å². The molecule has 2 atom stereocenters. The average molecular weight is 199 g/mol. The summed E-state index contributed by atoms with van der Waals surface area (Å²) in [7, 11) is 0. The van der Waals surface area contributed by atoms with Gasteiger partial charge in [-0.05, 0) is 31.2 Å². The molecule has 1 aliphatic rings. The Morgan fingerprint density at radius 3 is 2.57 bits per heavy atom. The molecular formula is C11H21NO2. The molecule has 0 aromatic rings. The van der Waals surface area contributed by atoms with Gasteiger partial charge in [0.2, 0.25) is 0 Å². The predicted octanol–water partition coefficient (Wildman–Crippen LogP) is 1.57. The molecule has 1 saturated heterocycles. The summed E-state index contributed by atoms with van der Waals surface area (Å²) in [4.78, 5) is 11.4. The summed E-state index contributed by atoms with van der Waals surface area (Å²) in [6, 6.07) is -0.0841. The Balaban J connectivity index is 2.45. The number of hydrogen-bond donors (Lipinski definition) is 1. The minimum atomic E-state index is -0.0979. The quantitative estimate of drug-likeness (QED) is 0.686. The molecule has 0 saturated carbocycles. The van der Waals surface area contributed by atoms with Crippen LogP contribution in [0.5, 0.6) is 0 Å². The van der Waals surface area contributed by atoms with Gasteiger partial charge in [-0.2, -0.15) is 0 Å². The fraction of sp³-hybridized carbons (Fsp3) is 0.909. The lowest BCUT2D eigenvalue weighted by Crippen LogP contribution is -2.32. The monoisotopic (exact) mass is 199 g/mol. The van der Waals surface area contributed by atoms with E-state index in [1.807, 2.05) is 6.92 Å². The normalized spacial score (nSPS) is 27.7. The molecule has 0 aromatic heterocycles. The number of ether oxygens (including phenoxy) is 1. The molecule has 82 valence electrons. The number of esters is 1. The van der Waals surface area contributed by atoms with Crippen LogP contribution in [-0.4, -0.2) is 25.2 Å². The minimum Gasteiger partial charge on any atom is -0.465 e. The molecule has 0 bridgehead atoms. The van der Waals surface area contributed by atoms with Gasteiger partial charge in [0, 0.05) is 0 Å². The van der Waals surface area contributed by atoms with E-state index >= 15 is 0 Å². The first-order valence-corrected chi connectivity index (χ1v) is 5.35. The zero-order valence-electron chi connectivity index (χ0n) is 9.59. The molecule has 3 nitrogen and oxygen atoms in total. The molecule has 0 aromatic carbocycles. The van der Waals surface area contributed by atoms with Crippen molar-refractivity contribution >= 4 is 5.97 Å². The topological polar surface area (TPSA) is 38.3 Å². The number of carbonyl (C=O) groups excluding carboxylic acids is 1. The lowest BCUT2D eigenvalue weighted by molar-refractivity contribution is -0.145. The molecule has 1 aliphatic heterocycles. The third-order valence-electron chi connectivity index (χ3n) is 2.93. The summed E-state index contributed by atoms with van der Waals surface area (Å²) in [5, 5.41) is 3.22.